The first kappa shape index (κ1) is 8.14. The lowest BCUT2D eigenvalue weighted by Gasteiger charge is -2.03. The molecule has 0 aliphatic rings. The molecule has 0 N–H and O–H groups in total. The second-order valence-corrected chi connectivity index (χ2v) is 3.72. The van der Waals surface area contributed by atoms with Crippen molar-refractivity contribution >= 4 is 27.3 Å². The molecule has 1 aromatic rings. The van der Waals surface area contributed by atoms with Crippen LogP contribution in [0.25, 0.3) is 0 Å². The molecule has 1 unspecified atom stereocenters. The van der Waals surface area contributed by atoms with Crippen molar-refractivity contribution in [1.82, 2.24) is 0 Å². The van der Waals surface area contributed by atoms with Gasteiger partial charge in [-0.2, -0.15) is 0 Å². The Morgan fingerprint density at radius 3 is 2.60 bits per heavy atom. The molecular weight excluding hydrogens is 222 g/mol. The molecule has 0 aliphatic heterocycles. The number of hydrogen-bond acceptors (Lipinski definition) is 1. The quantitative estimate of drug-likeness (QED) is 0.678. The summed E-state index contributed by atoms with van der Waals surface area (Å²) in [7, 11) is 0. The Balaban J connectivity index is 2.68. The molecule has 10 heavy (non-hydrogen) atoms. The fraction of sp³-hybridized carbons (Fsp3) is 0.333. The van der Waals surface area contributed by atoms with E-state index in [-0.39, 0.29) is 0 Å². The van der Waals surface area contributed by atoms with Crippen LogP contribution in [-0.4, -0.2) is 6.43 Å². The molecule has 1 aromatic heterocycles. The summed E-state index contributed by atoms with van der Waals surface area (Å²) in [6.07, 6.45) is -2.32. The Labute approximate surface area is 70.0 Å². The van der Waals surface area contributed by atoms with Crippen LogP contribution in [0.15, 0.2) is 17.5 Å². The van der Waals surface area contributed by atoms with E-state index in [1.165, 1.54) is 11.3 Å². The zero-order valence-corrected chi connectivity index (χ0v) is 7.33. The van der Waals surface area contributed by atoms with Crippen molar-refractivity contribution in [3.8, 4) is 0 Å². The molecular formula is C6H5BrF2S. The van der Waals surface area contributed by atoms with Crippen LogP contribution in [0.4, 0.5) is 8.78 Å². The monoisotopic (exact) mass is 226 g/mol. The lowest BCUT2D eigenvalue weighted by Crippen LogP contribution is -1.98. The Morgan fingerprint density at radius 2 is 2.20 bits per heavy atom. The first-order valence-electron chi connectivity index (χ1n) is 2.67. The highest BCUT2D eigenvalue weighted by atomic mass is 79.9. The van der Waals surface area contributed by atoms with E-state index in [2.05, 4.69) is 15.9 Å². The van der Waals surface area contributed by atoms with Gasteiger partial charge in [0.2, 0.25) is 0 Å². The second-order valence-electron chi connectivity index (χ2n) is 1.75. The van der Waals surface area contributed by atoms with Gasteiger partial charge in [-0.25, -0.2) is 8.78 Å². The third-order valence-electron chi connectivity index (χ3n) is 1.04. The SMILES string of the molecule is FC(F)C(Br)c1cccs1. The molecule has 0 saturated carbocycles. The fourth-order valence-corrected chi connectivity index (χ4v) is 1.75. The molecule has 0 aliphatic carbocycles. The van der Waals surface area contributed by atoms with Gasteiger partial charge in [0, 0.05) is 4.88 Å². The van der Waals surface area contributed by atoms with Gasteiger partial charge >= 0.3 is 0 Å². The van der Waals surface area contributed by atoms with Gasteiger partial charge < -0.3 is 0 Å². The molecule has 1 rings (SSSR count). The van der Waals surface area contributed by atoms with Crippen molar-refractivity contribution in [2.24, 2.45) is 0 Å². The Morgan fingerprint density at radius 1 is 1.50 bits per heavy atom. The summed E-state index contributed by atoms with van der Waals surface area (Å²) >= 11 is 4.22. The van der Waals surface area contributed by atoms with E-state index in [0.29, 0.717) is 4.88 Å². The average Bonchev–Trinajstić information content (AvgIpc) is 2.36. The molecule has 0 saturated heterocycles. The van der Waals surface area contributed by atoms with Crippen molar-refractivity contribution in [3.63, 3.8) is 0 Å². The Hall–Kier alpha value is 0.0400. The summed E-state index contributed by atoms with van der Waals surface area (Å²) in [4.78, 5) is -0.123. The van der Waals surface area contributed by atoms with E-state index in [4.69, 9.17) is 0 Å². The molecule has 0 bridgehead atoms. The van der Waals surface area contributed by atoms with E-state index < -0.39 is 11.3 Å². The van der Waals surface area contributed by atoms with Crippen molar-refractivity contribution < 1.29 is 8.78 Å². The summed E-state index contributed by atoms with van der Waals surface area (Å²) < 4.78 is 23.9. The Bertz CT molecular complexity index is 186. The van der Waals surface area contributed by atoms with Gasteiger partial charge in [-0.05, 0) is 11.4 Å². The summed E-state index contributed by atoms with van der Waals surface area (Å²) in [6.45, 7) is 0. The molecule has 4 heteroatoms. The van der Waals surface area contributed by atoms with Crippen LogP contribution >= 0.6 is 27.3 Å². The number of halogens is 3. The molecule has 56 valence electrons. The van der Waals surface area contributed by atoms with Gasteiger partial charge in [0.1, 0.15) is 4.83 Å². The summed E-state index contributed by atoms with van der Waals surface area (Å²) in [5, 5.41) is 1.78. The van der Waals surface area contributed by atoms with Gasteiger partial charge in [-0.3, -0.25) is 0 Å². The van der Waals surface area contributed by atoms with Gasteiger partial charge in [0.05, 0.1) is 0 Å². The normalized spacial score (nSPS) is 14.0. The molecule has 0 spiro atoms. The first-order chi connectivity index (χ1) is 4.72. The number of alkyl halides is 3. The van der Waals surface area contributed by atoms with E-state index in [1.807, 2.05) is 0 Å². The van der Waals surface area contributed by atoms with Crippen molar-refractivity contribution in [1.29, 1.82) is 0 Å². The molecule has 1 heterocycles. The van der Waals surface area contributed by atoms with Crippen LogP contribution in [0.5, 0.6) is 0 Å². The second kappa shape index (κ2) is 3.44. The van der Waals surface area contributed by atoms with Crippen LogP contribution in [-0.2, 0) is 0 Å². The van der Waals surface area contributed by atoms with Gasteiger partial charge in [-0.15, -0.1) is 11.3 Å². The van der Waals surface area contributed by atoms with E-state index in [1.54, 1.807) is 17.5 Å². The molecule has 0 nitrogen and oxygen atoms in total. The Kier molecular flexibility index (Phi) is 2.80. The van der Waals surface area contributed by atoms with Gasteiger partial charge in [0.25, 0.3) is 6.43 Å². The summed E-state index contributed by atoms with van der Waals surface area (Å²) in [5.74, 6) is 0. The standard InChI is InChI=1S/C6H5BrF2S/c7-5(6(8)9)4-2-1-3-10-4/h1-3,5-6H. The highest BCUT2D eigenvalue weighted by Crippen LogP contribution is 2.32. The zero-order valence-electron chi connectivity index (χ0n) is 4.93. The van der Waals surface area contributed by atoms with Gasteiger partial charge in [-0.1, -0.05) is 22.0 Å². The third-order valence-corrected chi connectivity index (χ3v) is 3.19. The predicted octanol–water partition coefficient (Wildman–Crippen LogP) is 3.45. The lowest BCUT2D eigenvalue weighted by atomic mass is 10.4. The highest BCUT2D eigenvalue weighted by Gasteiger charge is 2.18. The van der Waals surface area contributed by atoms with E-state index >= 15 is 0 Å². The number of thiophene rings is 1. The minimum absolute atomic E-state index is 0.676. The molecule has 1 atom stereocenters. The molecule has 0 radical (unpaired) electrons. The fourth-order valence-electron chi connectivity index (χ4n) is 0.572. The lowest BCUT2D eigenvalue weighted by molar-refractivity contribution is 0.148. The van der Waals surface area contributed by atoms with Crippen molar-refractivity contribution in [2.45, 2.75) is 11.3 Å². The number of hydrogen-bond donors (Lipinski definition) is 0. The maximum Gasteiger partial charge on any atom is 0.255 e. The van der Waals surface area contributed by atoms with Gasteiger partial charge in [0.15, 0.2) is 0 Å². The minimum atomic E-state index is -2.32. The topological polar surface area (TPSA) is 0 Å². The van der Waals surface area contributed by atoms with Crippen molar-refractivity contribution in [3.05, 3.63) is 22.4 Å². The molecule has 0 fully saturated rings. The van der Waals surface area contributed by atoms with Crippen LogP contribution < -0.4 is 0 Å². The smallest absolute Gasteiger partial charge is 0.209 e. The first-order valence-corrected chi connectivity index (χ1v) is 4.47. The average molecular weight is 227 g/mol. The van der Waals surface area contributed by atoms with Crippen LogP contribution in [0.1, 0.15) is 9.70 Å². The van der Waals surface area contributed by atoms with E-state index in [9.17, 15) is 8.78 Å². The molecule has 0 aromatic carbocycles. The largest absolute Gasteiger partial charge is 0.255 e. The maximum absolute atomic E-state index is 12.0. The maximum atomic E-state index is 12.0. The van der Waals surface area contributed by atoms with Crippen LogP contribution in [0, 0.1) is 0 Å². The molecule has 0 amide bonds. The zero-order chi connectivity index (χ0) is 7.56. The predicted molar refractivity (Wildman–Crippen MR) is 42.0 cm³/mol. The third kappa shape index (κ3) is 1.76. The minimum Gasteiger partial charge on any atom is -0.209 e. The summed E-state index contributed by atoms with van der Waals surface area (Å²) in [5.41, 5.74) is 0. The van der Waals surface area contributed by atoms with E-state index in [0.717, 1.165) is 0 Å². The van der Waals surface area contributed by atoms with Crippen molar-refractivity contribution in [2.75, 3.05) is 0 Å². The summed E-state index contributed by atoms with van der Waals surface area (Å²) in [6, 6.07) is 3.45. The van der Waals surface area contributed by atoms with Crippen LogP contribution in [0.3, 0.4) is 0 Å². The van der Waals surface area contributed by atoms with Crippen LogP contribution in [0.2, 0.25) is 0 Å². The number of rotatable bonds is 2. The highest BCUT2D eigenvalue weighted by molar-refractivity contribution is 9.09.